The number of sulfone groups is 1. The van der Waals surface area contributed by atoms with Gasteiger partial charge in [0.15, 0.2) is 0 Å². The van der Waals surface area contributed by atoms with Crippen molar-refractivity contribution in [3.63, 3.8) is 0 Å². The highest BCUT2D eigenvalue weighted by Crippen LogP contribution is 2.29. The molecule has 0 saturated carbocycles. The summed E-state index contributed by atoms with van der Waals surface area (Å²) in [5.41, 5.74) is -1.97. The smallest absolute Gasteiger partial charge is 0.269 e. The van der Waals surface area contributed by atoms with Crippen LogP contribution >= 0.6 is 12.0 Å². The second-order valence-corrected chi connectivity index (χ2v) is 11.7. The zero-order valence-corrected chi connectivity index (χ0v) is 18.8. The molecule has 0 heterocycles. The Labute approximate surface area is 185 Å². The highest BCUT2D eigenvalue weighted by molar-refractivity contribution is 7.93. The van der Waals surface area contributed by atoms with Crippen LogP contribution in [-0.2, 0) is 56.7 Å². The lowest BCUT2D eigenvalue weighted by Crippen LogP contribution is -2.12. The van der Waals surface area contributed by atoms with E-state index in [1.165, 1.54) is 0 Å². The second-order valence-electron chi connectivity index (χ2n) is 6.17. The minimum absolute atomic E-state index is 0.216. The third kappa shape index (κ3) is 7.15. The van der Waals surface area contributed by atoms with Crippen LogP contribution in [0.4, 0.5) is 8.78 Å². The van der Waals surface area contributed by atoms with Crippen LogP contribution in [0.3, 0.4) is 0 Å². The molecule has 11 nitrogen and oxygen atoms in total. The van der Waals surface area contributed by atoms with Crippen molar-refractivity contribution >= 4 is 42.1 Å². The maximum atomic E-state index is 14.5. The van der Waals surface area contributed by atoms with Crippen molar-refractivity contribution in [2.24, 2.45) is 0 Å². The Bertz CT molecular complexity index is 1270. The minimum atomic E-state index is -4.86. The number of rotatable bonds is 10. The van der Waals surface area contributed by atoms with Crippen LogP contribution in [0.25, 0.3) is 0 Å². The molecule has 0 aromatic heterocycles. The normalized spacial score (nSPS) is 12.8. The summed E-state index contributed by atoms with van der Waals surface area (Å²) in [5.74, 6) is -5.40. The van der Waals surface area contributed by atoms with E-state index in [-0.39, 0.29) is 11.3 Å². The topological polar surface area (TPSA) is 182 Å². The number of hydrogen-bond acceptors (Lipinski definition) is 10. The van der Waals surface area contributed by atoms with E-state index in [9.17, 15) is 34.0 Å². The average Bonchev–Trinajstić information content (AvgIpc) is 2.64. The van der Waals surface area contributed by atoms with Crippen molar-refractivity contribution in [1.82, 2.24) is 0 Å². The fourth-order valence-corrected chi connectivity index (χ4v) is 5.61. The Balaban J connectivity index is 2.65. The van der Waals surface area contributed by atoms with Crippen molar-refractivity contribution in [2.45, 2.75) is 27.0 Å². The Morgan fingerprint density at radius 3 is 1.78 bits per heavy atom. The largest absolute Gasteiger partial charge is 0.285 e. The quantitative estimate of drug-likeness (QED) is 0.101. The SMILES string of the molecule is O=S(=O)(O)Cc1cc(S(=O)(=O)c2ccc(F)c(CSOOO)c2)cc(CS(=O)(=O)O)c1F. The molecule has 3 N–H and O–H groups in total. The van der Waals surface area contributed by atoms with Crippen molar-refractivity contribution in [3.05, 3.63) is 58.7 Å². The van der Waals surface area contributed by atoms with E-state index in [1.807, 2.05) is 0 Å². The molecule has 0 amide bonds. The summed E-state index contributed by atoms with van der Waals surface area (Å²) in [7, 11) is -14.3. The second kappa shape index (κ2) is 10.1. The van der Waals surface area contributed by atoms with Gasteiger partial charge in [-0.25, -0.2) is 22.5 Å². The summed E-state index contributed by atoms with van der Waals surface area (Å²) in [6.07, 6.45) is 0. The van der Waals surface area contributed by atoms with Gasteiger partial charge in [0.25, 0.3) is 20.2 Å². The van der Waals surface area contributed by atoms with Gasteiger partial charge in [-0.2, -0.15) is 16.8 Å². The predicted octanol–water partition coefficient (Wildman–Crippen LogP) is 2.14. The minimum Gasteiger partial charge on any atom is -0.285 e. The van der Waals surface area contributed by atoms with E-state index < -0.39 is 74.1 Å². The summed E-state index contributed by atoms with van der Waals surface area (Å²) < 4.78 is 121. The standard InChI is InChI=1S/C15H14F2O11S4/c16-14-2-1-12(3-9(14)6-29-28-27-18)32(25,26)13-4-10(7-30(19,20)21)15(17)11(5-13)8-31(22,23)24/h1-5,18H,6-8H2,(H,19,20,21)(H,22,23,24). The summed E-state index contributed by atoms with van der Waals surface area (Å²) in [6, 6.07) is 3.62. The molecule has 178 valence electrons. The molecule has 0 radical (unpaired) electrons. The van der Waals surface area contributed by atoms with Crippen molar-refractivity contribution in [3.8, 4) is 0 Å². The highest BCUT2D eigenvalue weighted by Gasteiger charge is 2.26. The van der Waals surface area contributed by atoms with Crippen LogP contribution in [0.5, 0.6) is 0 Å². The van der Waals surface area contributed by atoms with Crippen molar-refractivity contribution in [2.75, 3.05) is 0 Å². The average molecular weight is 537 g/mol. The molecule has 2 aromatic carbocycles. The predicted molar refractivity (Wildman–Crippen MR) is 105 cm³/mol. The van der Waals surface area contributed by atoms with Crippen molar-refractivity contribution in [1.29, 1.82) is 0 Å². The van der Waals surface area contributed by atoms with Gasteiger partial charge in [0.1, 0.15) is 23.1 Å². The first-order chi connectivity index (χ1) is 14.6. The first-order valence-electron chi connectivity index (χ1n) is 7.99. The number of hydrogen-bond donors (Lipinski definition) is 3. The first kappa shape index (κ1) is 26.6. The van der Waals surface area contributed by atoms with Gasteiger partial charge in [0.2, 0.25) is 9.84 Å². The van der Waals surface area contributed by atoms with Gasteiger partial charge in [-0.05, 0) is 30.3 Å². The molecule has 0 bridgehead atoms. The molecule has 0 fully saturated rings. The molecule has 0 aliphatic heterocycles. The van der Waals surface area contributed by atoms with Gasteiger partial charge in [-0.3, -0.25) is 9.11 Å². The maximum absolute atomic E-state index is 14.5. The molecule has 32 heavy (non-hydrogen) atoms. The van der Waals surface area contributed by atoms with Gasteiger partial charge in [0, 0.05) is 28.7 Å². The molecule has 2 rings (SSSR count). The zero-order chi connectivity index (χ0) is 24.3. The molecule has 0 aliphatic carbocycles. The Morgan fingerprint density at radius 1 is 0.812 bits per heavy atom. The summed E-state index contributed by atoms with van der Waals surface area (Å²) in [4.78, 5) is -1.32. The van der Waals surface area contributed by atoms with E-state index in [1.54, 1.807) is 0 Å². The van der Waals surface area contributed by atoms with Crippen LogP contribution in [0, 0.1) is 11.6 Å². The van der Waals surface area contributed by atoms with Crippen LogP contribution < -0.4 is 0 Å². The lowest BCUT2D eigenvalue weighted by molar-refractivity contribution is -0.432. The van der Waals surface area contributed by atoms with E-state index in [0.29, 0.717) is 24.2 Å². The van der Waals surface area contributed by atoms with Gasteiger partial charge >= 0.3 is 0 Å². The van der Waals surface area contributed by atoms with E-state index >= 15 is 0 Å². The number of halogens is 2. The van der Waals surface area contributed by atoms with Gasteiger partial charge < -0.3 is 0 Å². The summed E-state index contributed by atoms with van der Waals surface area (Å²) in [6.45, 7) is 0. The summed E-state index contributed by atoms with van der Waals surface area (Å²) >= 11 is 0.410. The lowest BCUT2D eigenvalue weighted by Gasteiger charge is -2.12. The van der Waals surface area contributed by atoms with Crippen LogP contribution in [-0.4, -0.2) is 39.6 Å². The maximum Gasteiger partial charge on any atom is 0.269 e. The molecule has 0 aliphatic rings. The fraction of sp³-hybridized carbons (Fsp3) is 0.200. The van der Waals surface area contributed by atoms with Gasteiger partial charge in [-0.15, -0.1) is 4.33 Å². The Kier molecular flexibility index (Phi) is 8.35. The fourth-order valence-electron chi connectivity index (χ4n) is 2.55. The summed E-state index contributed by atoms with van der Waals surface area (Å²) in [5, 5.41) is 11.4. The molecular formula is C15H14F2O11S4. The Hall–Kier alpha value is -1.70. The van der Waals surface area contributed by atoms with Crippen molar-refractivity contribution < 1.29 is 57.8 Å². The molecule has 17 heteroatoms. The monoisotopic (exact) mass is 536 g/mol. The third-order valence-corrected chi connectivity index (χ3v) is 7.47. The zero-order valence-electron chi connectivity index (χ0n) is 15.5. The van der Waals surface area contributed by atoms with E-state index in [4.69, 9.17) is 14.4 Å². The Morgan fingerprint density at radius 2 is 1.31 bits per heavy atom. The highest BCUT2D eigenvalue weighted by atomic mass is 32.2. The van der Waals surface area contributed by atoms with E-state index in [2.05, 4.69) is 9.37 Å². The molecular weight excluding hydrogens is 522 g/mol. The van der Waals surface area contributed by atoms with Crippen LogP contribution in [0.1, 0.15) is 16.7 Å². The van der Waals surface area contributed by atoms with Gasteiger partial charge in [-0.1, -0.05) is 5.04 Å². The molecule has 2 aromatic rings. The third-order valence-electron chi connectivity index (χ3n) is 3.80. The van der Waals surface area contributed by atoms with Crippen LogP contribution in [0.2, 0.25) is 0 Å². The molecule has 0 unspecified atom stereocenters. The first-order valence-corrected chi connectivity index (χ1v) is 13.6. The lowest BCUT2D eigenvalue weighted by atomic mass is 10.1. The molecule has 0 atom stereocenters. The van der Waals surface area contributed by atoms with Crippen LogP contribution in [0.15, 0.2) is 40.1 Å². The molecule has 0 saturated heterocycles. The van der Waals surface area contributed by atoms with E-state index in [0.717, 1.165) is 18.2 Å². The number of benzene rings is 2. The van der Waals surface area contributed by atoms with Gasteiger partial charge in [0.05, 0.1) is 15.5 Å². The molecule has 0 spiro atoms.